The molecule has 2 N–H and O–H groups in total. The number of benzene rings is 2. The molecule has 0 aromatic heterocycles. The summed E-state index contributed by atoms with van der Waals surface area (Å²) in [6.07, 6.45) is 1.12. The molecule has 2 aromatic rings. The molecule has 1 aliphatic heterocycles. The van der Waals surface area contributed by atoms with Crippen LogP contribution >= 0.6 is 0 Å². The van der Waals surface area contributed by atoms with Crippen molar-refractivity contribution in [1.82, 2.24) is 4.90 Å². The van der Waals surface area contributed by atoms with Gasteiger partial charge in [-0.15, -0.1) is 0 Å². The molecule has 1 amide bonds. The summed E-state index contributed by atoms with van der Waals surface area (Å²) in [5.74, 6) is -0.648. The van der Waals surface area contributed by atoms with Gasteiger partial charge < -0.3 is 20.1 Å². The van der Waals surface area contributed by atoms with Gasteiger partial charge in [0.15, 0.2) is 0 Å². The summed E-state index contributed by atoms with van der Waals surface area (Å²) in [4.78, 5) is 28.8. The molecule has 0 aliphatic carbocycles. The Hall–Kier alpha value is -3.06. The van der Waals surface area contributed by atoms with E-state index in [1.165, 1.54) is 6.07 Å². The Bertz CT molecular complexity index is 859. The van der Waals surface area contributed by atoms with Crippen LogP contribution in [0.15, 0.2) is 42.5 Å². The quantitative estimate of drug-likeness (QED) is 0.747. The van der Waals surface area contributed by atoms with Crippen LogP contribution in [-0.2, 0) is 0 Å². The fourth-order valence-electron chi connectivity index (χ4n) is 3.51. The first-order valence-corrected chi connectivity index (χ1v) is 9.82. The molecule has 0 bridgehead atoms. The third-order valence-electron chi connectivity index (χ3n) is 5.10. The maximum absolute atomic E-state index is 12.7. The number of piperazine rings is 1. The van der Waals surface area contributed by atoms with Crippen molar-refractivity contribution in [2.75, 3.05) is 50.1 Å². The van der Waals surface area contributed by atoms with Gasteiger partial charge in [-0.3, -0.25) is 9.69 Å². The van der Waals surface area contributed by atoms with E-state index >= 15 is 0 Å². The number of carboxylic acids is 1. The molecule has 0 saturated carbocycles. The first-order valence-electron chi connectivity index (χ1n) is 9.82. The predicted octanol–water partition coefficient (Wildman–Crippen LogP) is 3.18. The molecule has 0 atom stereocenters. The molecular weight excluding hydrogens is 370 g/mol. The van der Waals surface area contributed by atoms with Gasteiger partial charge in [0.05, 0.1) is 24.0 Å². The number of amides is 1. The summed E-state index contributed by atoms with van der Waals surface area (Å²) in [5, 5.41) is 12.3. The predicted molar refractivity (Wildman–Crippen MR) is 113 cm³/mol. The summed E-state index contributed by atoms with van der Waals surface area (Å²) in [7, 11) is 1.57. The van der Waals surface area contributed by atoms with Gasteiger partial charge in [-0.05, 0) is 55.4 Å². The Morgan fingerprint density at radius 1 is 1.03 bits per heavy atom. The van der Waals surface area contributed by atoms with Crippen LogP contribution in [0.4, 0.5) is 11.4 Å². The zero-order chi connectivity index (χ0) is 20.8. The van der Waals surface area contributed by atoms with E-state index in [1.807, 2.05) is 0 Å². The van der Waals surface area contributed by atoms with Crippen LogP contribution in [0.3, 0.4) is 0 Å². The third kappa shape index (κ3) is 5.06. The van der Waals surface area contributed by atoms with Crippen LogP contribution in [0.25, 0.3) is 0 Å². The highest BCUT2D eigenvalue weighted by Gasteiger charge is 2.21. The largest absolute Gasteiger partial charge is 0.497 e. The maximum Gasteiger partial charge on any atom is 0.335 e. The van der Waals surface area contributed by atoms with Crippen molar-refractivity contribution in [3.8, 4) is 5.75 Å². The number of aromatic carboxylic acids is 1. The number of hydrogen-bond donors (Lipinski definition) is 2. The van der Waals surface area contributed by atoms with E-state index in [1.54, 1.807) is 43.5 Å². The highest BCUT2D eigenvalue weighted by Crippen LogP contribution is 2.29. The van der Waals surface area contributed by atoms with Crippen molar-refractivity contribution in [1.29, 1.82) is 0 Å². The molecule has 154 valence electrons. The minimum atomic E-state index is -1.02. The lowest BCUT2D eigenvalue weighted by atomic mass is 10.1. The number of carbonyl (C=O) groups excluding carboxylic acids is 1. The first-order chi connectivity index (χ1) is 14.0. The molecule has 1 aliphatic rings. The molecule has 0 spiro atoms. The fraction of sp³-hybridized carbons (Fsp3) is 0.364. The van der Waals surface area contributed by atoms with E-state index in [0.717, 1.165) is 44.8 Å². The van der Waals surface area contributed by atoms with Crippen LogP contribution < -0.4 is 15.0 Å². The molecule has 0 radical (unpaired) electrons. The molecule has 3 rings (SSSR count). The van der Waals surface area contributed by atoms with Crippen molar-refractivity contribution in [3.63, 3.8) is 0 Å². The molecule has 1 heterocycles. The monoisotopic (exact) mass is 397 g/mol. The molecule has 7 nitrogen and oxygen atoms in total. The number of nitrogens with one attached hydrogen (secondary N) is 1. The van der Waals surface area contributed by atoms with Gasteiger partial charge in [0, 0.05) is 31.7 Å². The summed E-state index contributed by atoms with van der Waals surface area (Å²) in [5.41, 5.74) is 1.97. The zero-order valence-electron chi connectivity index (χ0n) is 16.9. The highest BCUT2D eigenvalue weighted by molar-refractivity contribution is 6.06. The van der Waals surface area contributed by atoms with Crippen molar-refractivity contribution in [3.05, 3.63) is 53.6 Å². The van der Waals surface area contributed by atoms with Crippen molar-refractivity contribution >= 4 is 23.3 Å². The topological polar surface area (TPSA) is 82.1 Å². The van der Waals surface area contributed by atoms with E-state index in [2.05, 4.69) is 22.0 Å². The van der Waals surface area contributed by atoms with Gasteiger partial charge in [-0.1, -0.05) is 6.92 Å². The number of rotatable bonds is 7. The number of ether oxygens (including phenoxy) is 1. The van der Waals surface area contributed by atoms with Crippen LogP contribution in [-0.4, -0.2) is 61.7 Å². The van der Waals surface area contributed by atoms with Gasteiger partial charge in [-0.2, -0.15) is 0 Å². The number of methoxy groups -OCH3 is 1. The Morgan fingerprint density at radius 3 is 2.28 bits per heavy atom. The highest BCUT2D eigenvalue weighted by atomic mass is 16.5. The van der Waals surface area contributed by atoms with Crippen molar-refractivity contribution < 1.29 is 19.4 Å². The number of anilines is 2. The Balaban J connectivity index is 1.82. The Labute approximate surface area is 170 Å². The smallest absolute Gasteiger partial charge is 0.335 e. The van der Waals surface area contributed by atoms with Crippen LogP contribution in [0, 0.1) is 0 Å². The van der Waals surface area contributed by atoms with Gasteiger partial charge in [0.25, 0.3) is 5.91 Å². The molecule has 0 unspecified atom stereocenters. The van der Waals surface area contributed by atoms with E-state index in [4.69, 9.17) is 4.74 Å². The van der Waals surface area contributed by atoms with Crippen molar-refractivity contribution in [2.24, 2.45) is 0 Å². The standard InChI is InChI=1S/C22H27N3O4/c1-3-10-24-11-13-25(14-12-24)20-9-6-17(22(27)28)15-19(20)23-21(26)16-4-7-18(29-2)8-5-16/h4-9,15H,3,10-14H2,1-2H3,(H,23,26)(H,27,28). The second-order valence-corrected chi connectivity index (χ2v) is 7.05. The average Bonchev–Trinajstić information content (AvgIpc) is 2.74. The zero-order valence-corrected chi connectivity index (χ0v) is 16.9. The summed E-state index contributed by atoms with van der Waals surface area (Å²) < 4.78 is 5.13. The van der Waals surface area contributed by atoms with Gasteiger partial charge in [0.1, 0.15) is 5.75 Å². The van der Waals surface area contributed by atoms with Crippen LogP contribution in [0.5, 0.6) is 5.75 Å². The van der Waals surface area contributed by atoms with E-state index < -0.39 is 5.97 Å². The van der Waals surface area contributed by atoms with Crippen molar-refractivity contribution in [2.45, 2.75) is 13.3 Å². The minimum absolute atomic E-state index is 0.142. The fourth-order valence-corrected chi connectivity index (χ4v) is 3.51. The number of nitrogens with zero attached hydrogens (tertiary/aromatic N) is 2. The molecule has 1 saturated heterocycles. The lowest BCUT2D eigenvalue weighted by molar-refractivity contribution is 0.0696. The second-order valence-electron chi connectivity index (χ2n) is 7.05. The SMILES string of the molecule is CCCN1CCN(c2ccc(C(=O)O)cc2NC(=O)c2ccc(OC)cc2)CC1. The van der Waals surface area contributed by atoms with E-state index in [0.29, 0.717) is 17.0 Å². The average molecular weight is 397 g/mol. The third-order valence-corrected chi connectivity index (χ3v) is 5.10. The number of hydrogen-bond acceptors (Lipinski definition) is 5. The second kappa shape index (κ2) is 9.43. The molecule has 1 fully saturated rings. The van der Waals surface area contributed by atoms with Crippen LogP contribution in [0.1, 0.15) is 34.1 Å². The van der Waals surface area contributed by atoms with E-state index in [9.17, 15) is 14.7 Å². The summed E-state index contributed by atoms with van der Waals surface area (Å²) in [6.45, 7) is 6.80. The normalized spacial score (nSPS) is 14.5. The summed E-state index contributed by atoms with van der Waals surface area (Å²) >= 11 is 0. The van der Waals surface area contributed by atoms with E-state index in [-0.39, 0.29) is 11.5 Å². The number of carbonyl (C=O) groups is 2. The minimum Gasteiger partial charge on any atom is -0.497 e. The van der Waals surface area contributed by atoms with Gasteiger partial charge in [-0.25, -0.2) is 4.79 Å². The maximum atomic E-state index is 12.7. The number of carboxylic acid groups (broad SMARTS) is 1. The van der Waals surface area contributed by atoms with Crippen LogP contribution in [0.2, 0.25) is 0 Å². The molecule has 2 aromatic carbocycles. The first kappa shape index (κ1) is 20.7. The van der Waals surface area contributed by atoms with Gasteiger partial charge >= 0.3 is 5.97 Å². The lowest BCUT2D eigenvalue weighted by Gasteiger charge is -2.36. The molecule has 29 heavy (non-hydrogen) atoms. The Kier molecular flexibility index (Phi) is 6.72. The lowest BCUT2D eigenvalue weighted by Crippen LogP contribution is -2.46. The van der Waals surface area contributed by atoms with Gasteiger partial charge in [0.2, 0.25) is 0 Å². The molecule has 7 heteroatoms. The Morgan fingerprint density at radius 2 is 1.69 bits per heavy atom. The molecular formula is C22H27N3O4. The summed E-state index contributed by atoms with van der Waals surface area (Å²) in [6, 6.07) is 11.7.